The Morgan fingerprint density at radius 1 is 1.29 bits per heavy atom. The Kier molecular flexibility index (Phi) is 5.65. The maximum absolute atomic E-state index is 6.32. The van der Waals surface area contributed by atoms with Gasteiger partial charge in [0.05, 0.1) is 30.1 Å². The first-order chi connectivity index (χ1) is 10.2. The molecule has 1 atom stereocenters. The lowest BCUT2D eigenvalue weighted by Gasteiger charge is -2.20. The Morgan fingerprint density at radius 3 is 2.57 bits per heavy atom. The van der Waals surface area contributed by atoms with Crippen LogP contribution in [0.15, 0.2) is 30.5 Å². The van der Waals surface area contributed by atoms with Gasteiger partial charge in [0.2, 0.25) is 0 Å². The number of aryl methyl sites for hydroxylation is 1. The lowest BCUT2D eigenvalue weighted by Crippen LogP contribution is -2.26. The van der Waals surface area contributed by atoms with E-state index < -0.39 is 0 Å². The van der Waals surface area contributed by atoms with Gasteiger partial charge in [-0.1, -0.05) is 30.7 Å². The number of rotatable bonds is 7. The molecular formula is C16H22ClN3O. The van der Waals surface area contributed by atoms with E-state index in [9.17, 15) is 0 Å². The quantitative estimate of drug-likeness (QED) is 0.851. The molecule has 2 rings (SSSR count). The normalized spacial score (nSPS) is 12.4. The first kappa shape index (κ1) is 15.9. The molecule has 0 spiro atoms. The Bertz CT molecular complexity index is 565. The van der Waals surface area contributed by atoms with Crippen molar-refractivity contribution < 1.29 is 4.74 Å². The summed E-state index contributed by atoms with van der Waals surface area (Å²) in [6, 6.07) is 8.29. The molecule has 0 fully saturated rings. The molecule has 0 aliphatic heterocycles. The van der Waals surface area contributed by atoms with Gasteiger partial charge in [0, 0.05) is 6.54 Å². The van der Waals surface area contributed by atoms with Gasteiger partial charge in [-0.05, 0) is 37.6 Å². The summed E-state index contributed by atoms with van der Waals surface area (Å²) in [7, 11) is 1.68. The Morgan fingerprint density at radius 2 is 2.00 bits per heavy atom. The number of methoxy groups -OCH3 is 1. The van der Waals surface area contributed by atoms with Crippen molar-refractivity contribution in [3.63, 3.8) is 0 Å². The molecule has 1 N–H and O–H groups in total. The summed E-state index contributed by atoms with van der Waals surface area (Å²) in [4.78, 5) is 0. The third-order valence-corrected chi connectivity index (χ3v) is 3.80. The van der Waals surface area contributed by atoms with Gasteiger partial charge in [0.1, 0.15) is 5.75 Å². The number of ether oxygens (including phenoxy) is 1. The van der Waals surface area contributed by atoms with Crippen molar-refractivity contribution in [1.29, 1.82) is 0 Å². The van der Waals surface area contributed by atoms with E-state index in [0.717, 1.165) is 36.0 Å². The van der Waals surface area contributed by atoms with Gasteiger partial charge in [-0.15, -0.1) is 0 Å². The van der Waals surface area contributed by atoms with Crippen LogP contribution in [0.3, 0.4) is 0 Å². The van der Waals surface area contributed by atoms with Gasteiger partial charge in [0.25, 0.3) is 0 Å². The average molecular weight is 308 g/mol. The maximum atomic E-state index is 6.32. The van der Waals surface area contributed by atoms with Gasteiger partial charge in [-0.25, -0.2) is 0 Å². The minimum Gasteiger partial charge on any atom is -0.497 e. The number of likely N-dealkylation sites (N-methyl/N-ethyl adjacent to an activating group) is 1. The molecule has 0 aliphatic rings. The molecule has 1 unspecified atom stereocenters. The zero-order valence-electron chi connectivity index (χ0n) is 12.8. The fourth-order valence-corrected chi connectivity index (χ4v) is 2.75. The highest BCUT2D eigenvalue weighted by molar-refractivity contribution is 6.31. The van der Waals surface area contributed by atoms with Crippen molar-refractivity contribution >= 4 is 11.6 Å². The predicted molar refractivity (Wildman–Crippen MR) is 86.0 cm³/mol. The second-order valence-electron chi connectivity index (χ2n) is 4.86. The van der Waals surface area contributed by atoms with Crippen LogP contribution in [0.1, 0.15) is 31.1 Å². The lowest BCUT2D eigenvalue weighted by molar-refractivity contribution is 0.414. The van der Waals surface area contributed by atoms with Crippen molar-refractivity contribution in [2.75, 3.05) is 13.7 Å². The third kappa shape index (κ3) is 3.77. The van der Waals surface area contributed by atoms with Gasteiger partial charge in [-0.3, -0.25) is 4.68 Å². The van der Waals surface area contributed by atoms with Crippen LogP contribution in [0.25, 0.3) is 0 Å². The Hall–Kier alpha value is -1.52. The number of hydrogen-bond acceptors (Lipinski definition) is 3. The van der Waals surface area contributed by atoms with Crippen molar-refractivity contribution in [3.8, 4) is 5.75 Å². The average Bonchev–Trinajstić information content (AvgIpc) is 2.88. The van der Waals surface area contributed by atoms with Gasteiger partial charge < -0.3 is 10.1 Å². The van der Waals surface area contributed by atoms with Crippen LogP contribution in [0.5, 0.6) is 5.75 Å². The molecule has 0 saturated heterocycles. The first-order valence-corrected chi connectivity index (χ1v) is 7.64. The van der Waals surface area contributed by atoms with E-state index in [1.807, 2.05) is 16.8 Å². The minimum atomic E-state index is 0.151. The summed E-state index contributed by atoms with van der Waals surface area (Å²) in [5.74, 6) is 0.871. The highest BCUT2D eigenvalue weighted by Crippen LogP contribution is 2.26. The highest BCUT2D eigenvalue weighted by atomic mass is 35.5. The molecule has 1 aromatic heterocycles. The van der Waals surface area contributed by atoms with E-state index in [1.165, 1.54) is 5.56 Å². The summed E-state index contributed by atoms with van der Waals surface area (Å²) >= 11 is 6.32. The summed E-state index contributed by atoms with van der Waals surface area (Å²) in [6.07, 6.45) is 2.59. The monoisotopic (exact) mass is 307 g/mol. The number of benzene rings is 1. The van der Waals surface area contributed by atoms with Gasteiger partial charge >= 0.3 is 0 Å². The van der Waals surface area contributed by atoms with Crippen LogP contribution in [0, 0.1) is 0 Å². The van der Waals surface area contributed by atoms with Crippen LogP contribution in [0.4, 0.5) is 0 Å². The number of hydrogen-bond donors (Lipinski definition) is 1. The summed E-state index contributed by atoms with van der Waals surface area (Å²) < 4.78 is 7.16. The molecule has 114 valence electrons. The molecule has 21 heavy (non-hydrogen) atoms. The van der Waals surface area contributed by atoms with E-state index in [2.05, 4.69) is 36.4 Å². The van der Waals surface area contributed by atoms with Crippen LogP contribution < -0.4 is 10.1 Å². The second-order valence-corrected chi connectivity index (χ2v) is 5.26. The Balaban J connectivity index is 2.23. The molecule has 2 aromatic rings. The largest absolute Gasteiger partial charge is 0.497 e. The number of halogens is 1. The molecular weight excluding hydrogens is 286 g/mol. The summed E-state index contributed by atoms with van der Waals surface area (Å²) in [5.41, 5.74) is 2.29. The SMILES string of the molecule is CCNC(Cc1ccc(OC)cc1)c1c(Cl)cnn1CC. The summed E-state index contributed by atoms with van der Waals surface area (Å²) in [6.45, 7) is 5.86. The molecule has 1 heterocycles. The number of nitrogens with zero attached hydrogens (tertiary/aromatic N) is 2. The van der Waals surface area contributed by atoms with Crippen molar-refractivity contribution in [3.05, 3.63) is 46.7 Å². The molecule has 4 nitrogen and oxygen atoms in total. The fourth-order valence-electron chi connectivity index (χ4n) is 2.48. The molecule has 5 heteroatoms. The van der Waals surface area contributed by atoms with E-state index in [4.69, 9.17) is 16.3 Å². The maximum Gasteiger partial charge on any atom is 0.118 e. The van der Waals surface area contributed by atoms with Gasteiger partial charge in [0.15, 0.2) is 0 Å². The smallest absolute Gasteiger partial charge is 0.118 e. The van der Waals surface area contributed by atoms with E-state index in [1.54, 1.807) is 13.3 Å². The fraction of sp³-hybridized carbons (Fsp3) is 0.438. The predicted octanol–water partition coefficient (Wildman–Crippen LogP) is 3.46. The molecule has 0 amide bonds. The first-order valence-electron chi connectivity index (χ1n) is 7.27. The van der Waals surface area contributed by atoms with Gasteiger partial charge in [-0.2, -0.15) is 5.10 Å². The zero-order chi connectivity index (χ0) is 15.2. The molecule has 0 radical (unpaired) electrons. The zero-order valence-corrected chi connectivity index (χ0v) is 13.5. The topological polar surface area (TPSA) is 39.1 Å². The van der Waals surface area contributed by atoms with E-state index in [-0.39, 0.29) is 6.04 Å². The van der Waals surface area contributed by atoms with E-state index in [0.29, 0.717) is 0 Å². The third-order valence-electron chi connectivity index (χ3n) is 3.51. The lowest BCUT2D eigenvalue weighted by atomic mass is 10.0. The van der Waals surface area contributed by atoms with Crippen molar-refractivity contribution in [2.45, 2.75) is 32.9 Å². The van der Waals surface area contributed by atoms with Crippen LogP contribution in [0.2, 0.25) is 5.02 Å². The Labute approximate surface area is 131 Å². The molecule has 0 aliphatic carbocycles. The number of aromatic nitrogens is 2. The highest BCUT2D eigenvalue weighted by Gasteiger charge is 2.19. The molecule has 0 bridgehead atoms. The molecule has 1 aromatic carbocycles. The standard InChI is InChI=1S/C16H22ClN3O/c1-4-18-15(16-14(17)11-19-20(16)5-2)10-12-6-8-13(21-3)9-7-12/h6-9,11,15,18H,4-5,10H2,1-3H3. The van der Waals surface area contributed by atoms with Crippen molar-refractivity contribution in [1.82, 2.24) is 15.1 Å². The van der Waals surface area contributed by atoms with Crippen molar-refractivity contribution in [2.24, 2.45) is 0 Å². The second kappa shape index (κ2) is 7.48. The number of nitrogens with one attached hydrogen (secondary N) is 1. The van der Waals surface area contributed by atoms with Crippen LogP contribution >= 0.6 is 11.6 Å². The van der Waals surface area contributed by atoms with E-state index >= 15 is 0 Å². The van der Waals surface area contributed by atoms with Crippen LogP contribution in [-0.4, -0.2) is 23.4 Å². The molecule has 0 saturated carbocycles. The minimum absolute atomic E-state index is 0.151. The summed E-state index contributed by atoms with van der Waals surface area (Å²) in [5, 5.41) is 8.55. The van der Waals surface area contributed by atoms with Crippen LogP contribution in [-0.2, 0) is 13.0 Å².